The van der Waals surface area contributed by atoms with Crippen LogP contribution in [-0.4, -0.2) is 10.9 Å². The van der Waals surface area contributed by atoms with Crippen LogP contribution in [0.15, 0.2) is 30.5 Å². The van der Waals surface area contributed by atoms with Crippen LogP contribution < -0.4 is 16.8 Å². The van der Waals surface area contributed by atoms with E-state index in [1.807, 2.05) is 0 Å². The summed E-state index contributed by atoms with van der Waals surface area (Å²) >= 11 is 0. The molecule has 5 N–H and O–H groups in total. The van der Waals surface area contributed by atoms with E-state index < -0.39 is 17.5 Å². The fourth-order valence-electron chi connectivity index (χ4n) is 1.53. The average Bonchev–Trinajstić information content (AvgIpc) is 2.30. The number of primary amides is 1. The van der Waals surface area contributed by atoms with Gasteiger partial charge >= 0.3 is 0 Å². The first kappa shape index (κ1) is 12.7. The third-order valence-electron chi connectivity index (χ3n) is 2.30. The van der Waals surface area contributed by atoms with Gasteiger partial charge in [-0.05, 0) is 18.2 Å². The number of nitrogen functional groups attached to an aromatic ring is 1. The van der Waals surface area contributed by atoms with Gasteiger partial charge in [-0.2, -0.15) is 0 Å². The molecule has 1 amide bonds. The van der Waals surface area contributed by atoms with E-state index in [2.05, 4.69) is 10.3 Å². The molecule has 0 unspecified atom stereocenters. The number of rotatable bonds is 3. The lowest BCUT2D eigenvalue weighted by molar-refractivity contribution is 0.100. The molecule has 1 aromatic carbocycles. The zero-order valence-electron chi connectivity index (χ0n) is 9.65. The number of nitrogens with two attached hydrogens (primary N) is 2. The summed E-state index contributed by atoms with van der Waals surface area (Å²) in [6, 6.07) is 4.18. The number of hydrogen-bond donors (Lipinski definition) is 3. The molecular weight excluding hydrogens is 254 g/mol. The van der Waals surface area contributed by atoms with Crippen molar-refractivity contribution in [3.63, 3.8) is 0 Å². The van der Waals surface area contributed by atoms with E-state index in [1.54, 1.807) is 0 Å². The molecule has 0 saturated heterocycles. The van der Waals surface area contributed by atoms with Crippen LogP contribution in [0.5, 0.6) is 0 Å². The normalized spacial score (nSPS) is 10.2. The van der Waals surface area contributed by atoms with E-state index in [9.17, 15) is 13.6 Å². The largest absolute Gasteiger partial charge is 0.397 e. The number of anilines is 3. The molecule has 0 spiro atoms. The van der Waals surface area contributed by atoms with Gasteiger partial charge in [0, 0.05) is 11.8 Å². The fourth-order valence-corrected chi connectivity index (χ4v) is 1.53. The SMILES string of the molecule is NC(=O)c1cc(N)cnc1Nc1cc(F)cc(F)c1. The summed E-state index contributed by atoms with van der Waals surface area (Å²) in [5.41, 5.74) is 11.1. The molecule has 0 aliphatic rings. The van der Waals surface area contributed by atoms with E-state index in [4.69, 9.17) is 11.5 Å². The third kappa shape index (κ3) is 2.95. The van der Waals surface area contributed by atoms with Gasteiger partial charge < -0.3 is 16.8 Å². The van der Waals surface area contributed by atoms with Crippen LogP contribution in [0.3, 0.4) is 0 Å². The van der Waals surface area contributed by atoms with Crippen LogP contribution in [0.2, 0.25) is 0 Å². The molecule has 19 heavy (non-hydrogen) atoms. The van der Waals surface area contributed by atoms with Crippen molar-refractivity contribution in [3.8, 4) is 0 Å². The highest BCUT2D eigenvalue weighted by Crippen LogP contribution is 2.21. The van der Waals surface area contributed by atoms with Gasteiger partial charge in [0.15, 0.2) is 0 Å². The maximum atomic E-state index is 13.0. The van der Waals surface area contributed by atoms with Crippen molar-refractivity contribution >= 4 is 23.1 Å². The fraction of sp³-hybridized carbons (Fsp3) is 0. The Balaban J connectivity index is 2.40. The molecule has 0 radical (unpaired) electrons. The molecule has 0 saturated carbocycles. The maximum Gasteiger partial charge on any atom is 0.252 e. The van der Waals surface area contributed by atoms with Crippen molar-refractivity contribution < 1.29 is 13.6 Å². The first-order valence-electron chi connectivity index (χ1n) is 5.24. The van der Waals surface area contributed by atoms with E-state index in [0.29, 0.717) is 0 Å². The second-order valence-electron chi connectivity index (χ2n) is 3.81. The number of pyridine rings is 1. The smallest absolute Gasteiger partial charge is 0.252 e. The zero-order chi connectivity index (χ0) is 14.0. The van der Waals surface area contributed by atoms with Crippen molar-refractivity contribution in [1.29, 1.82) is 0 Å². The quantitative estimate of drug-likeness (QED) is 0.787. The minimum Gasteiger partial charge on any atom is -0.397 e. The lowest BCUT2D eigenvalue weighted by Crippen LogP contribution is -2.15. The number of halogens is 2. The molecule has 0 aliphatic heterocycles. The lowest BCUT2D eigenvalue weighted by Gasteiger charge is -2.09. The van der Waals surface area contributed by atoms with Crippen molar-refractivity contribution in [2.45, 2.75) is 0 Å². The van der Waals surface area contributed by atoms with Crippen LogP contribution in [0, 0.1) is 11.6 Å². The highest BCUT2D eigenvalue weighted by atomic mass is 19.1. The molecular formula is C12H10F2N4O. The average molecular weight is 264 g/mol. The highest BCUT2D eigenvalue weighted by molar-refractivity contribution is 5.99. The molecule has 7 heteroatoms. The molecule has 1 aromatic heterocycles. The van der Waals surface area contributed by atoms with Gasteiger partial charge in [0.2, 0.25) is 0 Å². The van der Waals surface area contributed by atoms with Crippen LogP contribution >= 0.6 is 0 Å². The summed E-state index contributed by atoms with van der Waals surface area (Å²) in [6.07, 6.45) is 1.30. The van der Waals surface area contributed by atoms with Crippen LogP contribution in [-0.2, 0) is 0 Å². The molecule has 0 fully saturated rings. The van der Waals surface area contributed by atoms with E-state index in [-0.39, 0.29) is 22.8 Å². The summed E-state index contributed by atoms with van der Waals surface area (Å²) < 4.78 is 26.1. The second kappa shape index (κ2) is 4.89. The van der Waals surface area contributed by atoms with Crippen molar-refractivity contribution in [1.82, 2.24) is 4.98 Å². The summed E-state index contributed by atoms with van der Waals surface area (Å²) in [4.78, 5) is 15.1. The van der Waals surface area contributed by atoms with Gasteiger partial charge in [-0.25, -0.2) is 13.8 Å². The van der Waals surface area contributed by atoms with Crippen LogP contribution in [0.4, 0.5) is 26.0 Å². The van der Waals surface area contributed by atoms with Gasteiger partial charge in [0.1, 0.15) is 17.5 Å². The Morgan fingerprint density at radius 1 is 1.16 bits per heavy atom. The Bertz CT molecular complexity index is 625. The van der Waals surface area contributed by atoms with Crippen molar-refractivity contribution in [2.75, 3.05) is 11.1 Å². The number of nitrogens with zero attached hydrogens (tertiary/aromatic N) is 1. The zero-order valence-corrected chi connectivity index (χ0v) is 9.65. The van der Waals surface area contributed by atoms with Crippen molar-refractivity contribution in [2.24, 2.45) is 5.73 Å². The maximum absolute atomic E-state index is 13.0. The summed E-state index contributed by atoms with van der Waals surface area (Å²) in [5, 5.41) is 2.62. The summed E-state index contributed by atoms with van der Waals surface area (Å²) in [5.74, 6) is -2.18. The number of carbonyl (C=O) groups is 1. The Labute approximate surface area is 107 Å². The standard InChI is InChI=1S/C12H10F2N4O/c13-6-1-7(14)3-9(2-6)18-12-10(11(16)19)4-8(15)5-17-12/h1-5H,15H2,(H2,16,19)(H,17,18). The minimum atomic E-state index is -0.751. The highest BCUT2D eigenvalue weighted by Gasteiger charge is 2.11. The first-order valence-corrected chi connectivity index (χ1v) is 5.24. The van der Waals surface area contributed by atoms with Gasteiger partial charge in [0.25, 0.3) is 5.91 Å². The number of nitrogens with one attached hydrogen (secondary N) is 1. The Kier molecular flexibility index (Phi) is 3.28. The monoisotopic (exact) mass is 264 g/mol. The predicted molar refractivity (Wildman–Crippen MR) is 66.8 cm³/mol. The Hall–Kier alpha value is -2.70. The molecule has 98 valence electrons. The lowest BCUT2D eigenvalue weighted by atomic mass is 10.2. The molecule has 2 rings (SSSR count). The van der Waals surface area contributed by atoms with Crippen LogP contribution in [0.25, 0.3) is 0 Å². The molecule has 1 heterocycles. The topological polar surface area (TPSA) is 94.0 Å². The molecule has 0 atom stereocenters. The van der Waals surface area contributed by atoms with Crippen LogP contribution in [0.1, 0.15) is 10.4 Å². The minimum absolute atomic E-state index is 0.0321. The Morgan fingerprint density at radius 3 is 2.37 bits per heavy atom. The van der Waals surface area contributed by atoms with Gasteiger partial charge in [-0.3, -0.25) is 4.79 Å². The molecule has 0 bridgehead atoms. The van der Waals surface area contributed by atoms with Gasteiger partial charge in [-0.15, -0.1) is 0 Å². The molecule has 0 aliphatic carbocycles. The first-order chi connectivity index (χ1) is 8.95. The number of aromatic nitrogens is 1. The second-order valence-corrected chi connectivity index (χ2v) is 3.81. The van der Waals surface area contributed by atoms with E-state index in [0.717, 1.165) is 18.2 Å². The molecule has 2 aromatic rings. The number of carbonyl (C=O) groups excluding carboxylic acids is 1. The van der Waals surface area contributed by atoms with Crippen molar-refractivity contribution in [3.05, 3.63) is 47.7 Å². The number of amides is 1. The Morgan fingerprint density at radius 2 is 1.79 bits per heavy atom. The molecule has 5 nitrogen and oxygen atoms in total. The van der Waals surface area contributed by atoms with E-state index >= 15 is 0 Å². The third-order valence-corrected chi connectivity index (χ3v) is 2.30. The summed E-state index contributed by atoms with van der Waals surface area (Å²) in [6.45, 7) is 0. The predicted octanol–water partition coefficient (Wildman–Crippen LogP) is 1.78. The van der Waals surface area contributed by atoms with Gasteiger partial charge in [-0.1, -0.05) is 0 Å². The number of hydrogen-bond acceptors (Lipinski definition) is 4. The van der Waals surface area contributed by atoms with Gasteiger partial charge in [0.05, 0.1) is 17.4 Å². The summed E-state index contributed by atoms with van der Waals surface area (Å²) in [7, 11) is 0. The van der Waals surface area contributed by atoms with E-state index in [1.165, 1.54) is 12.3 Å². The number of benzene rings is 1.